The van der Waals surface area contributed by atoms with Gasteiger partial charge in [-0.1, -0.05) is 30.3 Å². The first-order chi connectivity index (χ1) is 14.1. The van der Waals surface area contributed by atoms with Gasteiger partial charge in [0.25, 0.3) is 5.91 Å². The van der Waals surface area contributed by atoms with Crippen LogP contribution in [0.1, 0.15) is 27.2 Å². The maximum absolute atomic E-state index is 12.5. The second-order valence-corrected chi connectivity index (χ2v) is 6.42. The second-order valence-electron chi connectivity index (χ2n) is 6.42. The quantitative estimate of drug-likeness (QED) is 0.612. The lowest BCUT2D eigenvalue weighted by molar-refractivity contribution is 0.0946. The lowest BCUT2D eigenvalue weighted by Gasteiger charge is -2.11. The number of amides is 1. The van der Waals surface area contributed by atoms with Crippen LogP contribution in [-0.2, 0) is 13.1 Å². The van der Waals surface area contributed by atoms with Crippen molar-refractivity contribution in [2.75, 3.05) is 19.5 Å². The molecule has 0 saturated heterocycles. The van der Waals surface area contributed by atoms with Gasteiger partial charge in [-0.05, 0) is 41.8 Å². The van der Waals surface area contributed by atoms with Gasteiger partial charge in [-0.15, -0.1) is 0 Å². The number of nitrogens with one attached hydrogen (secondary N) is 2. The highest BCUT2D eigenvalue weighted by Crippen LogP contribution is 2.27. The second kappa shape index (κ2) is 9.54. The van der Waals surface area contributed by atoms with E-state index < -0.39 is 0 Å². The van der Waals surface area contributed by atoms with Crippen LogP contribution in [0, 0.1) is 6.92 Å². The van der Waals surface area contributed by atoms with E-state index in [2.05, 4.69) is 33.6 Å². The molecule has 0 aliphatic rings. The number of methoxy groups -OCH3 is 2. The fourth-order valence-corrected chi connectivity index (χ4v) is 2.82. The van der Waals surface area contributed by atoms with Crippen molar-refractivity contribution in [3.05, 3.63) is 77.1 Å². The average Bonchev–Trinajstić information content (AvgIpc) is 2.76. The van der Waals surface area contributed by atoms with Crippen LogP contribution >= 0.6 is 0 Å². The van der Waals surface area contributed by atoms with E-state index in [-0.39, 0.29) is 5.91 Å². The van der Waals surface area contributed by atoms with Crippen LogP contribution in [0.5, 0.6) is 11.5 Å². The SMILES string of the molecule is COc1ccc(CNC(=O)c2ccnc(NCc3ccccc3C)n2)cc1OC. The molecular weight excluding hydrogens is 368 g/mol. The van der Waals surface area contributed by atoms with Gasteiger partial charge in [0.05, 0.1) is 14.2 Å². The van der Waals surface area contributed by atoms with E-state index in [9.17, 15) is 4.79 Å². The van der Waals surface area contributed by atoms with Crippen LogP contribution in [0.2, 0.25) is 0 Å². The first-order valence-electron chi connectivity index (χ1n) is 9.21. The van der Waals surface area contributed by atoms with Crippen LogP contribution in [0.15, 0.2) is 54.7 Å². The monoisotopic (exact) mass is 392 g/mol. The van der Waals surface area contributed by atoms with Crippen molar-refractivity contribution >= 4 is 11.9 Å². The van der Waals surface area contributed by atoms with E-state index in [1.54, 1.807) is 32.5 Å². The molecule has 1 amide bonds. The van der Waals surface area contributed by atoms with Crippen molar-refractivity contribution in [2.24, 2.45) is 0 Å². The lowest BCUT2D eigenvalue weighted by Crippen LogP contribution is -2.24. The van der Waals surface area contributed by atoms with Gasteiger partial charge in [0, 0.05) is 19.3 Å². The number of carbonyl (C=O) groups is 1. The summed E-state index contributed by atoms with van der Waals surface area (Å²) < 4.78 is 10.5. The summed E-state index contributed by atoms with van der Waals surface area (Å²) in [6.45, 7) is 2.98. The molecule has 0 atom stereocenters. The van der Waals surface area contributed by atoms with Crippen LogP contribution in [0.4, 0.5) is 5.95 Å². The lowest BCUT2D eigenvalue weighted by atomic mass is 10.1. The van der Waals surface area contributed by atoms with Crippen molar-refractivity contribution in [1.29, 1.82) is 0 Å². The molecular formula is C22H24N4O3. The number of hydrogen-bond acceptors (Lipinski definition) is 6. The van der Waals surface area contributed by atoms with Crippen molar-refractivity contribution in [1.82, 2.24) is 15.3 Å². The van der Waals surface area contributed by atoms with Crippen molar-refractivity contribution < 1.29 is 14.3 Å². The Morgan fingerprint density at radius 2 is 1.79 bits per heavy atom. The molecule has 0 radical (unpaired) electrons. The Morgan fingerprint density at radius 1 is 1.00 bits per heavy atom. The molecule has 2 N–H and O–H groups in total. The molecule has 7 heteroatoms. The number of anilines is 1. The number of ether oxygens (including phenoxy) is 2. The molecule has 0 unspecified atom stereocenters. The topological polar surface area (TPSA) is 85.4 Å². The van der Waals surface area contributed by atoms with Gasteiger partial charge in [0.1, 0.15) is 5.69 Å². The number of nitrogens with zero attached hydrogens (tertiary/aromatic N) is 2. The van der Waals surface area contributed by atoms with E-state index in [1.807, 2.05) is 30.3 Å². The van der Waals surface area contributed by atoms with Gasteiger partial charge in [-0.3, -0.25) is 4.79 Å². The Morgan fingerprint density at radius 3 is 2.55 bits per heavy atom. The number of carbonyl (C=O) groups excluding carboxylic acids is 1. The largest absolute Gasteiger partial charge is 0.493 e. The third-order valence-corrected chi connectivity index (χ3v) is 4.49. The van der Waals surface area contributed by atoms with E-state index in [0.717, 1.165) is 11.1 Å². The zero-order valence-corrected chi connectivity index (χ0v) is 16.7. The molecule has 0 aliphatic heterocycles. The maximum Gasteiger partial charge on any atom is 0.270 e. The first kappa shape index (κ1) is 20.1. The summed E-state index contributed by atoms with van der Waals surface area (Å²) in [5.74, 6) is 1.39. The van der Waals surface area contributed by atoms with Crippen molar-refractivity contribution in [3.63, 3.8) is 0 Å². The van der Waals surface area contributed by atoms with Crippen molar-refractivity contribution in [2.45, 2.75) is 20.0 Å². The smallest absolute Gasteiger partial charge is 0.270 e. The number of benzene rings is 2. The zero-order chi connectivity index (χ0) is 20.6. The Hall–Kier alpha value is -3.61. The predicted molar refractivity (Wildman–Crippen MR) is 111 cm³/mol. The predicted octanol–water partition coefficient (Wildman–Crippen LogP) is 3.34. The molecule has 3 aromatic rings. The highest BCUT2D eigenvalue weighted by atomic mass is 16.5. The molecule has 3 rings (SSSR count). The molecule has 0 spiro atoms. The van der Waals surface area contributed by atoms with Crippen LogP contribution in [0.3, 0.4) is 0 Å². The maximum atomic E-state index is 12.5. The highest BCUT2D eigenvalue weighted by Gasteiger charge is 2.10. The summed E-state index contributed by atoms with van der Waals surface area (Å²) in [7, 11) is 3.16. The molecule has 2 aromatic carbocycles. The summed E-state index contributed by atoms with van der Waals surface area (Å²) in [4.78, 5) is 21.0. The van der Waals surface area contributed by atoms with Crippen LogP contribution in [-0.4, -0.2) is 30.1 Å². The van der Waals surface area contributed by atoms with Gasteiger partial charge in [-0.2, -0.15) is 0 Å². The molecule has 1 heterocycles. The molecule has 7 nitrogen and oxygen atoms in total. The van der Waals surface area contributed by atoms with E-state index in [4.69, 9.17) is 9.47 Å². The van der Waals surface area contributed by atoms with Crippen molar-refractivity contribution in [3.8, 4) is 11.5 Å². The van der Waals surface area contributed by atoms with Gasteiger partial charge in [0.15, 0.2) is 11.5 Å². The standard InChI is InChI=1S/C22H24N4O3/c1-15-6-4-5-7-17(15)14-25-22-23-11-10-18(26-22)21(27)24-13-16-8-9-19(28-2)20(12-16)29-3/h4-12H,13-14H2,1-3H3,(H,24,27)(H,23,25,26). The number of aromatic nitrogens is 2. The Balaban J connectivity index is 1.61. The van der Waals surface area contributed by atoms with Gasteiger partial charge in [0.2, 0.25) is 5.95 Å². The van der Waals surface area contributed by atoms with E-state index >= 15 is 0 Å². The first-order valence-corrected chi connectivity index (χ1v) is 9.21. The van der Waals surface area contributed by atoms with Gasteiger partial charge >= 0.3 is 0 Å². The van der Waals surface area contributed by atoms with E-state index in [0.29, 0.717) is 36.2 Å². The summed E-state index contributed by atoms with van der Waals surface area (Å²) in [5.41, 5.74) is 3.53. The fraction of sp³-hybridized carbons (Fsp3) is 0.227. The molecule has 0 bridgehead atoms. The fourth-order valence-electron chi connectivity index (χ4n) is 2.82. The summed E-state index contributed by atoms with van der Waals surface area (Å²) in [5, 5.41) is 6.03. The van der Waals surface area contributed by atoms with E-state index in [1.165, 1.54) is 5.56 Å². The Labute approximate surface area is 170 Å². The third-order valence-electron chi connectivity index (χ3n) is 4.49. The minimum Gasteiger partial charge on any atom is -0.493 e. The molecule has 0 saturated carbocycles. The number of rotatable bonds is 8. The summed E-state index contributed by atoms with van der Waals surface area (Å²) in [6, 6.07) is 15.2. The number of hydrogen-bond donors (Lipinski definition) is 2. The molecule has 0 aliphatic carbocycles. The Kier molecular flexibility index (Phi) is 6.63. The highest BCUT2D eigenvalue weighted by molar-refractivity contribution is 5.92. The van der Waals surface area contributed by atoms with Gasteiger partial charge < -0.3 is 20.1 Å². The zero-order valence-electron chi connectivity index (χ0n) is 16.7. The van der Waals surface area contributed by atoms with Gasteiger partial charge in [-0.25, -0.2) is 9.97 Å². The third kappa shape index (κ3) is 5.22. The Bertz CT molecular complexity index is 991. The van der Waals surface area contributed by atoms with Crippen LogP contribution < -0.4 is 20.1 Å². The minimum atomic E-state index is -0.277. The molecule has 1 aromatic heterocycles. The molecule has 0 fully saturated rings. The van der Waals surface area contributed by atoms with Crippen LogP contribution in [0.25, 0.3) is 0 Å². The minimum absolute atomic E-state index is 0.277. The number of aryl methyl sites for hydroxylation is 1. The normalized spacial score (nSPS) is 10.3. The average molecular weight is 392 g/mol. The summed E-state index contributed by atoms with van der Waals surface area (Å²) in [6.07, 6.45) is 1.57. The summed E-state index contributed by atoms with van der Waals surface area (Å²) >= 11 is 0. The molecule has 29 heavy (non-hydrogen) atoms. The molecule has 150 valence electrons.